The van der Waals surface area contributed by atoms with E-state index in [-0.39, 0.29) is 0 Å². The Balaban J connectivity index is 2.03. The molecule has 2 fully saturated rings. The van der Waals surface area contributed by atoms with Gasteiger partial charge >= 0.3 is 0 Å². The van der Waals surface area contributed by atoms with Gasteiger partial charge in [-0.2, -0.15) is 0 Å². The van der Waals surface area contributed by atoms with Crippen molar-refractivity contribution in [3.05, 3.63) is 0 Å². The molecule has 0 aromatic carbocycles. The zero-order chi connectivity index (χ0) is 11.6. The van der Waals surface area contributed by atoms with Crippen LogP contribution < -0.4 is 5.73 Å². The van der Waals surface area contributed by atoms with Gasteiger partial charge in [0.2, 0.25) is 0 Å². The summed E-state index contributed by atoms with van der Waals surface area (Å²) in [7, 11) is 0. The average molecular weight is 224 g/mol. The molecule has 1 unspecified atom stereocenters. The number of rotatable bonds is 4. The maximum atomic E-state index is 6.08. The maximum absolute atomic E-state index is 6.08. The van der Waals surface area contributed by atoms with Gasteiger partial charge in [-0.05, 0) is 44.6 Å². The zero-order valence-electron chi connectivity index (χ0n) is 11.0. The Morgan fingerprint density at radius 1 is 1.31 bits per heavy atom. The molecule has 1 saturated carbocycles. The molecule has 2 heteroatoms. The monoisotopic (exact) mass is 224 g/mol. The van der Waals surface area contributed by atoms with Gasteiger partial charge in [-0.3, -0.25) is 4.90 Å². The molecule has 16 heavy (non-hydrogen) atoms. The second-order valence-corrected chi connectivity index (χ2v) is 6.07. The van der Waals surface area contributed by atoms with Crippen LogP contribution in [0.25, 0.3) is 0 Å². The van der Waals surface area contributed by atoms with Crippen LogP contribution in [0.5, 0.6) is 0 Å². The van der Waals surface area contributed by atoms with Crippen molar-refractivity contribution < 1.29 is 0 Å². The molecule has 94 valence electrons. The van der Waals surface area contributed by atoms with Crippen molar-refractivity contribution in [2.24, 2.45) is 11.7 Å². The van der Waals surface area contributed by atoms with E-state index >= 15 is 0 Å². The normalized spacial score (nSPS) is 40.7. The summed E-state index contributed by atoms with van der Waals surface area (Å²) in [6, 6.07) is 0.829. The third-order valence-corrected chi connectivity index (χ3v) is 4.70. The van der Waals surface area contributed by atoms with Crippen molar-refractivity contribution in [1.29, 1.82) is 0 Å². The Morgan fingerprint density at radius 3 is 2.62 bits per heavy atom. The third-order valence-electron chi connectivity index (χ3n) is 4.70. The smallest absolute Gasteiger partial charge is 0.0339 e. The molecular formula is C14H28N2. The minimum Gasteiger partial charge on any atom is -0.329 e. The fraction of sp³-hybridized carbons (Fsp3) is 1.00. The first kappa shape index (κ1) is 12.4. The second kappa shape index (κ2) is 5.05. The zero-order valence-corrected chi connectivity index (χ0v) is 11.0. The van der Waals surface area contributed by atoms with E-state index in [2.05, 4.69) is 18.7 Å². The number of hydrogen-bond donors (Lipinski definition) is 1. The fourth-order valence-corrected chi connectivity index (χ4v) is 4.01. The van der Waals surface area contributed by atoms with Gasteiger partial charge < -0.3 is 5.73 Å². The van der Waals surface area contributed by atoms with Crippen molar-refractivity contribution >= 4 is 0 Å². The molecule has 0 aromatic rings. The van der Waals surface area contributed by atoms with Gasteiger partial charge in [-0.25, -0.2) is 0 Å². The van der Waals surface area contributed by atoms with E-state index in [1.807, 2.05) is 0 Å². The Hall–Kier alpha value is -0.0800. The summed E-state index contributed by atoms with van der Waals surface area (Å²) in [6.07, 6.45) is 9.58. The van der Waals surface area contributed by atoms with Gasteiger partial charge in [-0.15, -0.1) is 0 Å². The lowest BCUT2D eigenvalue weighted by atomic mass is 9.66. The first-order valence-corrected chi connectivity index (χ1v) is 7.18. The van der Waals surface area contributed by atoms with Crippen LogP contribution >= 0.6 is 0 Å². The van der Waals surface area contributed by atoms with Crippen LogP contribution in [0.2, 0.25) is 0 Å². The van der Waals surface area contributed by atoms with E-state index in [4.69, 9.17) is 5.73 Å². The number of piperidine rings is 1. The maximum Gasteiger partial charge on any atom is 0.0339 e. The van der Waals surface area contributed by atoms with Crippen molar-refractivity contribution in [3.63, 3.8) is 0 Å². The van der Waals surface area contributed by atoms with Crippen LogP contribution in [0.3, 0.4) is 0 Å². The molecule has 0 amide bonds. The molecule has 1 atom stereocenters. The first-order chi connectivity index (χ1) is 7.72. The Bertz CT molecular complexity index is 219. The van der Waals surface area contributed by atoms with Crippen LogP contribution in [-0.2, 0) is 0 Å². The SMILES string of the molecule is CCCC1CCCCN1C1(CN)CC(C)C1. The van der Waals surface area contributed by atoms with E-state index < -0.39 is 0 Å². The van der Waals surface area contributed by atoms with Crippen molar-refractivity contribution in [3.8, 4) is 0 Å². The van der Waals surface area contributed by atoms with Gasteiger partial charge in [0.1, 0.15) is 0 Å². The van der Waals surface area contributed by atoms with Crippen LogP contribution in [0.1, 0.15) is 58.8 Å². The molecule has 1 aliphatic heterocycles. The van der Waals surface area contributed by atoms with Crippen molar-refractivity contribution in [2.45, 2.75) is 70.4 Å². The molecule has 1 aliphatic carbocycles. The van der Waals surface area contributed by atoms with Gasteiger partial charge in [0.05, 0.1) is 0 Å². The quantitative estimate of drug-likeness (QED) is 0.795. The van der Waals surface area contributed by atoms with Crippen LogP contribution in [0.4, 0.5) is 0 Å². The molecule has 1 heterocycles. The molecule has 0 bridgehead atoms. The van der Waals surface area contributed by atoms with Crippen molar-refractivity contribution in [2.75, 3.05) is 13.1 Å². The second-order valence-electron chi connectivity index (χ2n) is 6.07. The topological polar surface area (TPSA) is 29.3 Å². The van der Waals surface area contributed by atoms with E-state index in [0.717, 1.165) is 18.5 Å². The van der Waals surface area contributed by atoms with Gasteiger partial charge in [-0.1, -0.05) is 26.7 Å². The summed E-state index contributed by atoms with van der Waals surface area (Å²) in [5.41, 5.74) is 6.47. The lowest BCUT2D eigenvalue weighted by Crippen LogP contribution is -2.65. The highest BCUT2D eigenvalue weighted by Gasteiger charge is 2.47. The molecular weight excluding hydrogens is 196 g/mol. The van der Waals surface area contributed by atoms with E-state index in [1.54, 1.807) is 0 Å². The van der Waals surface area contributed by atoms with Gasteiger partial charge in [0.15, 0.2) is 0 Å². The Labute approximate surface area is 101 Å². The predicted octanol–water partition coefficient (Wildman–Crippen LogP) is 2.77. The summed E-state index contributed by atoms with van der Waals surface area (Å²) >= 11 is 0. The first-order valence-electron chi connectivity index (χ1n) is 7.18. The molecule has 2 nitrogen and oxygen atoms in total. The summed E-state index contributed by atoms with van der Waals surface area (Å²) in [6.45, 7) is 6.85. The average Bonchev–Trinajstić information content (AvgIpc) is 2.26. The number of nitrogens with zero attached hydrogens (tertiary/aromatic N) is 1. The summed E-state index contributed by atoms with van der Waals surface area (Å²) in [4.78, 5) is 2.79. The molecule has 2 aliphatic rings. The predicted molar refractivity (Wildman–Crippen MR) is 69.4 cm³/mol. The van der Waals surface area contributed by atoms with Gasteiger partial charge in [0, 0.05) is 18.1 Å². The lowest BCUT2D eigenvalue weighted by Gasteiger charge is -2.57. The highest BCUT2D eigenvalue weighted by Crippen LogP contribution is 2.44. The Morgan fingerprint density at radius 2 is 2.06 bits per heavy atom. The molecule has 0 aromatic heterocycles. The number of hydrogen-bond acceptors (Lipinski definition) is 2. The Kier molecular flexibility index (Phi) is 3.91. The molecule has 2 rings (SSSR count). The van der Waals surface area contributed by atoms with E-state index in [0.29, 0.717) is 5.54 Å². The van der Waals surface area contributed by atoms with E-state index in [1.165, 1.54) is 51.5 Å². The number of likely N-dealkylation sites (tertiary alicyclic amines) is 1. The largest absolute Gasteiger partial charge is 0.329 e. The minimum atomic E-state index is 0.389. The molecule has 1 saturated heterocycles. The standard InChI is InChI=1S/C14H28N2/c1-3-6-13-7-4-5-8-16(13)14(11-15)9-12(2)10-14/h12-13H,3-11,15H2,1-2H3. The van der Waals surface area contributed by atoms with Crippen LogP contribution in [0, 0.1) is 5.92 Å². The molecule has 2 N–H and O–H groups in total. The van der Waals surface area contributed by atoms with Crippen LogP contribution in [-0.4, -0.2) is 29.6 Å². The van der Waals surface area contributed by atoms with Crippen molar-refractivity contribution in [1.82, 2.24) is 4.90 Å². The van der Waals surface area contributed by atoms with E-state index in [9.17, 15) is 0 Å². The minimum absolute atomic E-state index is 0.389. The molecule has 0 spiro atoms. The fourth-order valence-electron chi connectivity index (χ4n) is 4.01. The highest BCUT2D eigenvalue weighted by molar-refractivity contribution is 5.04. The van der Waals surface area contributed by atoms with Gasteiger partial charge in [0.25, 0.3) is 0 Å². The number of nitrogens with two attached hydrogens (primary N) is 1. The lowest BCUT2D eigenvalue weighted by molar-refractivity contribution is -0.0580. The third kappa shape index (κ3) is 2.14. The summed E-state index contributed by atoms with van der Waals surface area (Å²) in [5, 5.41) is 0. The summed E-state index contributed by atoms with van der Waals surface area (Å²) in [5.74, 6) is 0.896. The summed E-state index contributed by atoms with van der Waals surface area (Å²) < 4.78 is 0. The van der Waals surface area contributed by atoms with Crippen LogP contribution in [0.15, 0.2) is 0 Å². The highest BCUT2D eigenvalue weighted by atomic mass is 15.3. The molecule has 0 radical (unpaired) electrons.